The molecule has 0 radical (unpaired) electrons. The van der Waals surface area contributed by atoms with Crippen LogP contribution in [0.25, 0.3) is 0 Å². The van der Waals surface area contributed by atoms with Crippen molar-refractivity contribution in [1.29, 1.82) is 0 Å². The molecule has 1 rings (SSSR count). The molecule has 0 aliphatic heterocycles. The van der Waals surface area contributed by atoms with Crippen molar-refractivity contribution in [3.05, 3.63) is 18.0 Å². The second-order valence-corrected chi connectivity index (χ2v) is 3.21. The molecular weight excluding hydrogens is 230 g/mol. The molecule has 17 heavy (non-hydrogen) atoms. The molecule has 4 N–H and O–H groups in total. The molecule has 0 spiro atoms. The van der Waals surface area contributed by atoms with Gasteiger partial charge in [-0.2, -0.15) is 0 Å². The maximum Gasteiger partial charge on any atom is 0.326 e. The summed E-state index contributed by atoms with van der Waals surface area (Å²) in [7, 11) is 0. The Morgan fingerprint density at radius 3 is 2.82 bits per heavy atom. The molecule has 0 aliphatic carbocycles. The first kappa shape index (κ1) is 13.0. The van der Waals surface area contributed by atoms with Crippen LogP contribution < -0.4 is 10.6 Å². The van der Waals surface area contributed by atoms with Gasteiger partial charge in [0, 0.05) is 19.1 Å². The zero-order valence-electron chi connectivity index (χ0n) is 8.92. The fourth-order valence-electron chi connectivity index (χ4n) is 1.10. The fourth-order valence-corrected chi connectivity index (χ4v) is 1.10. The Morgan fingerprint density at radius 1 is 1.53 bits per heavy atom. The Bertz CT molecular complexity index is 365. The van der Waals surface area contributed by atoms with E-state index < -0.39 is 18.0 Å². The molecule has 94 valence electrons. The molecule has 0 bridgehead atoms. The average molecular weight is 243 g/mol. The third kappa shape index (κ3) is 4.51. The number of aliphatic hydroxyl groups excluding tert-OH is 1. The number of carboxylic acid groups (broad SMARTS) is 1. The topological polar surface area (TPSA) is 125 Å². The number of amides is 2. The van der Waals surface area contributed by atoms with E-state index in [0.717, 1.165) is 0 Å². The molecule has 1 heterocycles. The summed E-state index contributed by atoms with van der Waals surface area (Å²) in [6.07, 6.45) is 1.38. The number of hydrogen-bond donors (Lipinski definition) is 4. The number of urea groups is 1. The third-order valence-electron chi connectivity index (χ3n) is 1.94. The molecule has 8 nitrogen and oxygen atoms in total. The first-order valence-corrected chi connectivity index (χ1v) is 4.91. The van der Waals surface area contributed by atoms with Crippen LogP contribution in [0.4, 0.5) is 4.79 Å². The molecule has 2 amide bonds. The normalized spacial score (nSPS) is 11.8. The van der Waals surface area contributed by atoms with E-state index in [0.29, 0.717) is 5.76 Å². The van der Waals surface area contributed by atoms with Crippen molar-refractivity contribution >= 4 is 12.0 Å². The van der Waals surface area contributed by atoms with E-state index in [1.165, 1.54) is 6.20 Å². The van der Waals surface area contributed by atoms with Crippen molar-refractivity contribution in [2.24, 2.45) is 0 Å². The highest BCUT2D eigenvalue weighted by atomic mass is 16.5. The fraction of sp³-hybridized carbons (Fsp3) is 0.444. The molecule has 0 aliphatic rings. The van der Waals surface area contributed by atoms with E-state index >= 15 is 0 Å². The minimum Gasteiger partial charge on any atom is -0.480 e. The van der Waals surface area contributed by atoms with Crippen molar-refractivity contribution in [2.75, 3.05) is 6.61 Å². The molecule has 1 unspecified atom stereocenters. The molecular formula is C9H13N3O5. The van der Waals surface area contributed by atoms with Gasteiger partial charge in [0.15, 0.2) is 5.76 Å². The Balaban J connectivity index is 2.34. The van der Waals surface area contributed by atoms with E-state index in [-0.39, 0.29) is 19.6 Å². The number of nitrogens with one attached hydrogen (secondary N) is 2. The Hall–Kier alpha value is -2.09. The number of carbonyl (C=O) groups is 2. The van der Waals surface area contributed by atoms with Crippen LogP contribution in [0.5, 0.6) is 0 Å². The standard InChI is InChI=1S/C9H13N3O5/c13-4-2-7(8(14)15)12-9(16)10-5-6-1-3-11-17-6/h1,3,7,13H,2,4-5H2,(H,14,15)(H2,10,12,16). The summed E-state index contributed by atoms with van der Waals surface area (Å²) >= 11 is 0. The lowest BCUT2D eigenvalue weighted by atomic mass is 10.2. The zero-order valence-corrected chi connectivity index (χ0v) is 8.92. The summed E-state index contributed by atoms with van der Waals surface area (Å²) < 4.78 is 4.74. The predicted octanol–water partition coefficient (Wildman–Crippen LogP) is -0.691. The first-order valence-electron chi connectivity index (χ1n) is 4.91. The smallest absolute Gasteiger partial charge is 0.326 e. The number of carbonyl (C=O) groups excluding carboxylic acids is 1. The minimum absolute atomic E-state index is 0.0505. The molecule has 1 aromatic rings. The summed E-state index contributed by atoms with van der Waals surface area (Å²) in [6.45, 7) is -0.212. The largest absolute Gasteiger partial charge is 0.480 e. The summed E-state index contributed by atoms with van der Waals surface area (Å²) in [6, 6.07) is -0.195. The second kappa shape index (κ2) is 6.48. The van der Waals surface area contributed by atoms with Gasteiger partial charge in [0.1, 0.15) is 6.04 Å². The molecule has 0 fully saturated rings. The maximum absolute atomic E-state index is 11.3. The molecule has 0 aromatic carbocycles. The number of nitrogens with zero attached hydrogens (tertiary/aromatic N) is 1. The zero-order chi connectivity index (χ0) is 12.7. The Morgan fingerprint density at radius 2 is 2.29 bits per heavy atom. The van der Waals surface area contributed by atoms with Crippen molar-refractivity contribution in [2.45, 2.75) is 19.0 Å². The van der Waals surface area contributed by atoms with Gasteiger partial charge in [0.05, 0.1) is 12.7 Å². The summed E-state index contributed by atoms with van der Waals surface area (Å²) in [5.74, 6) is -0.747. The molecule has 8 heteroatoms. The van der Waals surface area contributed by atoms with Crippen molar-refractivity contribution in [3.63, 3.8) is 0 Å². The van der Waals surface area contributed by atoms with Crippen LogP contribution in [0.2, 0.25) is 0 Å². The lowest BCUT2D eigenvalue weighted by molar-refractivity contribution is -0.139. The number of carboxylic acids is 1. The first-order chi connectivity index (χ1) is 8.13. The number of hydrogen-bond acceptors (Lipinski definition) is 5. The van der Waals surface area contributed by atoms with Gasteiger partial charge in [0.2, 0.25) is 0 Å². The predicted molar refractivity (Wildman–Crippen MR) is 55.0 cm³/mol. The summed E-state index contributed by atoms with van der Waals surface area (Å²) in [4.78, 5) is 22.0. The molecule has 0 saturated heterocycles. The van der Waals surface area contributed by atoms with Crippen LogP contribution in [0.1, 0.15) is 12.2 Å². The highest BCUT2D eigenvalue weighted by Gasteiger charge is 2.18. The van der Waals surface area contributed by atoms with Crippen LogP contribution >= 0.6 is 0 Å². The van der Waals surface area contributed by atoms with Gasteiger partial charge in [-0.1, -0.05) is 5.16 Å². The quantitative estimate of drug-likeness (QED) is 0.524. The van der Waals surface area contributed by atoms with E-state index in [4.69, 9.17) is 14.7 Å². The Labute approximate surface area is 96.6 Å². The van der Waals surface area contributed by atoms with Gasteiger partial charge >= 0.3 is 12.0 Å². The average Bonchev–Trinajstić information content (AvgIpc) is 2.78. The maximum atomic E-state index is 11.3. The highest BCUT2D eigenvalue weighted by molar-refractivity contribution is 5.82. The van der Waals surface area contributed by atoms with Crippen LogP contribution in [-0.2, 0) is 11.3 Å². The molecule has 1 atom stereocenters. The van der Waals surface area contributed by atoms with Crippen LogP contribution in [0.3, 0.4) is 0 Å². The molecule has 0 saturated carbocycles. The lowest BCUT2D eigenvalue weighted by Crippen LogP contribution is -2.46. The second-order valence-electron chi connectivity index (χ2n) is 3.21. The minimum atomic E-state index is -1.20. The van der Waals surface area contributed by atoms with Crippen molar-refractivity contribution in [1.82, 2.24) is 15.8 Å². The molecule has 1 aromatic heterocycles. The Kier molecular flexibility index (Phi) is 4.95. The van der Waals surface area contributed by atoms with E-state index in [1.54, 1.807) is 6.07 Å². The van der Waals surface area contributed by atoms with E-state index in [9.17, 15) is 9.59 Å². The van der Waals surface area contributed by atoms with Gasteiger partial charge in [-0.15, -0.1) is 0 Å². The number of aliphatic carboxylic acids is 1. The highest BCUT2D eigenvalue weighted by Crippen LogP contribution is 1.95. The van der Waals surface area contributed by atoms with Crippen molar-refractivity contribution < 1.29 is 24.3 Å². The van der Waals surface area contributed by atoms with Gasteiger partial charge in [-0.25, -0.2) is 9.59 Å². The van der Waals surface area contributed by atoms with Gasteiger partial charge in [0.25, 0.3) is 0 Å². The van der Waals surface area contributed by atoms with E-state index in [2.05, 4.69) is 15.8 Å². The van der Waals surface area contributed by atoms with Crippen LogP contribution in [0, 0.1) is 0 Å². The monoisotopic (exact) mass is 243 g/mol. The van der Waals surface area contributed by atoms with Gasteiger partial charge in [-0.3, -0.25) is 0 Å². The van der Waals surface area contributed by atoms with Crippen molar-refractivity contribution in [3.8, 4) is 0 Å². The van der Waals surface area contributed by atoms with Gasteiger partial charge < -0.3 is 25.4 Å². The SMILES string of the molecule is O=C(NCc1ccno1)NC(CCO)C(=O)O. The van der Waals surface area contributed by atoms with E-state index in [1.807, 2.05) is 0 Å². The number of aliphatic hydroxyl groups is 1. The van der Waals surface area contributed by atoms with Gasteiger partial charge in [-0.05, 0) is 0 Å². The third-order valence-corrected chi connectivity index (χ3v) is 1.94. The van der Waals surface area contributed by atoms with Crippen LogP contribution in [0.15, 0.2) is 16.8 Å². The van der Waals surface area contributed by atoms with Crippen LogP contribution in [-0.4, -0.2) is 40.0 Å². The summed E-state index contributed by atoms with van der Waals surface area (Å²) in [5.41, 5.74) is 0. The number of aromatic nitrogens is 1. The summed E-state index contributed by atoms with van der Waals surface area (Å²) in [5, 5.41) is 25.4. The lowest BCUT2D eigenvalue weighted by Gasteiger charge is -2.13. The number of rotatable bonds is 6.